The molecule has 0 fully saturated rings. The van der Waals surface area contributed by atoms with E-state index in [1.165, 1.54) is 32.1 Å². The molecule has 0 heterocycles. The molecule has 40 heavy (non-hydrogen) atoms. The highest BCUT2D eigenvalue weighted by molar-refractivity contribution is 8.00. The molecule has 0 aliphatic carbocycles. The van der Waals surface area contributed by atoms with Crippen LogP contribution in [-0.4, -0.2) is 50.1 Å². The van der Waals surface area contributed by atoms with Crippen LogP contribution in [0.15, 0.2) is 83.4 Å². The van der Waals surface area contributed by atoms with E-state index in [2.05, 4.69) is 10.6 Å². The topological polar surface area (TPSA) is 120 Å². The van der Waals surface area contributed by atoms with Crippen molar-refractivity contribution in [3.05, 3.63) is 89.6 Å². The number of hydrogen-bond donors (Lipinski definition) is 2. The predicted molar refractivity (Wildman–Crippen MR) is 153 cm³/mol. The maximum atomic E-state index is 13.4. The molecule has 208 valence electrons. The summed E-state index contributed by atoms with van der Waals surface area (Å²) in [7, 11) is 3.03. The number of rotatable bonds is 13. The summed E-state index contributed by atoms with van der Waals surface area (Å²) in [6.07, 6.45) is 1.21. The molecule has 9 nitrogen and oxygen atoms in total. The first-order chi connectivity index (χ1) is 19.3. The van der Waals surface area contributed by atoms with Gasteiger partial charge in [-0.2, -0.15) is 0 Å². The number of hydrogen-bond acceptors (Lipinski definition) is 8. The number of thioether (sulfide) groups is 1. The number of amides is 2. The second-order valence-corrected chi connectivity index (χ2v) is 9.33. The first-order valence-corrected chi connectivity index (χ1v) is 13.3. The molecule has 0 aliphatic rings. The molecule has 0 aliphatic heterocycles. The van der Waals surface area contributed by atoms with Crippen LogP contribution in [-0.2, 0) is 19.1 Å². The summed E-state index contributed by atoms with van der Waals surface area (Å²) >= 11 is 1.23. The van der Waals surface area contributed by atoms with Gasteiger partial charge in [-0.3, -0.25) is 19.2 Å². The molecule has 0 atom stereocenters. The molecule has 0 radical (unpaired) electrons. The highest BCUT2D eigenvalue weighted by Crippen LogP contribution is 2.27. The van der Waals surface area contributed by atoms with E-state index in [4.69, 9.17) is 14.2 Å². The summed E-state index contributed by atoms with van der Waals surface area (Å²) in [4.78, 5) is 50.7. The number of ether oxygens (including phenoxy) is 3. The summed E-state index contributed by atoms with van der Waals surface area (Å²) in [5.74, 6) is -0.764. The monoisotopic (exact) mass is 562 g/mol. The fourth-order valence-corrected chi connectivity index (χ4v) is 4.31. The lowest BCUT2D eigenvalue weighted by Crippen LogP contribution is -2.30. The van der Waals surface area contributed by atoms with Crippen LogP contribution in [0.5, 0.6) is 11.5 Å². The molecule has 3 rings (SSSR count). The standard InChI is InChI=1S/C30H30N2O7S/c1-4-39-28(34)18-23(33)19-40-25-12-8-11-22(17-25)31-30(36)26(32-29(35)20-9-6-5-7-10-20)16-21-15-24(37-2)13-14-27(21)38-3/h5-17H,4,18-19H2,1-3H3,(H,31,36)(H,32,35)/b26-16+. The molecule has 3 aromatic rings. The van der Waals surface area contributed by atoms with Gasteiger partial charge in [-0.25, -0.2) is 0 Å². The van der Waals surface area contributed by atoms with E-state index in [-0.39, 0.29) is 30.3 Å². The number of nitrogens with one attached hydrogen (secondary N) is 2. The van der Waals surface area contributed by atoms with Gasteiger partial charge in [-0.1, -0.05) is 24.3 Å². The highest BCUT2D eigenvalue weighted by Gasteiger charge is 2.17. The van der Waals surface area contributed by atoms with Crippen LogP contribution >= 0.6 is 11.8 Å². The SMILES string of the molecule is CCOC(=O)CC(=O)CSc1cccc(NC(=O)/C(=C\c2cc(OC)ccc2OC)NC(=O)c2ccccc2)c1. The third-order valence-electron chi connectivity index (χ3n) is 5.40. The minimum absolute atomic E-state index is 0.0249. The van der Waals surface area contributed by atoms with Gasteiger partial charge in [0.25, 0.3) is 11.8 Å². The number of Topliss-reactive ketones (excluding diaryl/α,β-unsaturated/α-hetero) is 1. The zero-order valence-electron chi connectivity index (χ0n) is 22.4. The van der Waals surface area contributed by atoms with Crippen LogP contribution in [0, 0.1) is 0 Å². The molecule has 10 heteroatoms. The van der Waals surface area contributed by atoms with E-state index in [0.29, 0.717) is 33.2 Å². The minimum Gasteiger partial charge on any atom is -0.497 e. The van der Waals surface area contributed by atoms with Crippen LogP contribution in [0.1, 0.15) is 29.3 Å². The van der Waals surface area contributed by atoms with Gasteiger partial charge in [0, 0.05) is 21.7 Å². The zero-order chi connectivity index (χ0) is 28.9. The third kappa shape index (κ3) is 9.02. The summed E-state index contributed by atoms with van der Waals surface area (Å²) in [6, 6.07) is 20.5. The molecular weight excluding hydrogens is 532 g/mol. The Kier molecular flexibility index (Phi) is 11.3. The van der Waals surface area contributed by atoms with E-state index in [1.807, 2.05) is 0 Å². The molecule has 0 aromatic heterocycles. The summed E-state index contributed by atoms with van der Waals surface area (Å²) in [6.45, 7) is 1.89. The lowest BCUT2D eigenvalue weighted by molar-refractivity contribution is -0.145. The molecule has 0 spiro atoms. The van der Waals surface area contributed by atoms with Crippen molar-refractivity contribution in [2.45, 2.75) is 18.2 Å². The first-order valence-electron chi connectivity index (χ1n) is 12.3. The Morgan fingerprint density at radius 1 is 0.900 bits per heavy atom. The van der Waals surface area contributed by atoms with Crippen LogP contribution in [0.2, 0.25) is 0 Å². The minimum atomic E-state index is -0.574. The van der Waals surface area contributed by atoms with E-state index in [1.54, 1.807) is 79.7 Å². The predicted octanol–water partition coefficient (Wildman–Crippen LogP) is 4.73. The summed E-state index contributed by atoms with van der Waals surface area (Å²) < 4.78 is 15.5. The molecule has 0 saturated heterocycles. The third-order valence-corrected chi connectivity index (χ3v) is 6.46. The van der Waals surface area contributed by atoms with Crippen molar-refractivity contribution in [3.8, 4) is 11.5 Å². The van der Waals surface area contributed by atoms with Gasteiger partial charge in [-0.05, 0) is 61.5 Å². The molecule has 2 amide bonds. The van der Waals surface area contributed by atoms with Gasteiger partial charge in [-0.15, -0.1) is 11.8 Å². The number of benzene rings is 3. The smallest absolute Gasteiger partial charge is 0.313 e. The quantitative estimate of drug-likeness (QED) is 0.133. The van der Waals surface area contributed by atoms with Crippen molar-refractivity contribution in [1.29, 1.82) is 0 Å². The van der Waals surface area contributed by atoms with Gasteiger partial charge < -0.3 is 24.8 Å². The van der Waals surface area contributed by atoms with Crippen molar-refractivity contribution in [1.82, 2.24) is 5.32 Å². The second kappa shape index (κ2) is 15.1. The van der Waals surface area contributed by atoms with Crippen molar-refractivity contribution in [3.63, 3.8) is 0 Å². The van der Waals surface area contributed by atoms with Crippen molar-refractivity contribution >= 4 is 47.1 Å². The zero-order valence-corrected chi connectivity index (χ0v) is 23.2. The van der Waals surface area contributed by atoms with E-state index < -0.39 is 17.8 Å². The first kappa shape index (κ1) is 30.0. The molecule has 0 saturated carbocycles. The Labute approximate surface area is 236 Å². The summed E-state index contributed by atoms with van der Waals surface area (Å²) in [5, 5.41) is 5.49. The average Bonchev–Trinajstić information content (AvgIpc) is 2.96. The van der Waals surface area contributed by atoms with Gasteiger partial charge in [0.15, 0.2) is 5.78 Å². The number of carbonyl (C=O) groups excluding carboxylic acids is 4. The lowest BCUT2D eigenvalue weighted by Gasteiger charge is -2.13. The van der Waals surface area contributed by atoms with Gasteiger partial charge in [0.05, 0.1) is 26.6 Å². The van der Waals surface area contributed by atoms with Gasteiger partial charge in [0.1, 0.15) is 23.6 Å². The Morgan fingerprint density at radius 3 is 2.38 bits per heavy atom. The lowest BCUT2D eigenvalue weighted by atomic mass is 10.1. The van der Waals surface area contributed by atoms with Crippen LogP contribution in [0.4, 0.5) is 5.69 Å². The van der Waals surface area contributed by atoms with E-state index in [9.17, 15) is 19.2 Å². The Bertz CT molecular complexity index is 1390. The molecule has 3 aromatic carbocycles. The number of carbonyl (C=O) groups is 4. The number of esters is 1. The Hall–Kier alpha value is -4.57. The van der Waals surface area contributed by atoms with Crippen LogP contribution in [0.25, 0.3) is 6.08 Å². The highest BCUT2D eigenvalue weighted by atomic mass is 32.2. The van der Waals surface area contributed by atoms with Crippen LogP contribution in [0.3, 0.4) is 0 Å². The number of anilines is 1. The average molecular weight is 563 g/mol. The number of ketones is 1. The molecular formula is C30H30N2O7S. The fraction of sp³-hybridized carbons (Fsp3) is 0.200. The molecule has 0 unspecified atom stereocenters. The van der Waals surface area contributed by atoms with Crippen molar-refractivity contribution in [2.24, 2.45) is 0 Å². The molecule has 2 N–H and O–H groups in total. The largest absolute Gasteiger partial charge is 0.497 e. The van der Waals surface area contributed by atoms with Gasteiger partial charge in [0.2, 0.25) is 0 Å². The summed E-state index contributed by atoms with van der Waals surface area (Å²) in [5.41, 5.74) is 1.32. The number of methoxy groups -OCH3 is 2. The van der Waals surface area contributed by atoms with Crippen molar-refractivity contribution < 1.29 is 33.4 Å². The maximum Gasteiger partial charge on any atom is 0.313 e. The molecule has 0 bridgehead atoms. The van der Waals surface area contributed by atoms with E-state index in [0.717, 1.165) is 0 Å². The second-order valence-electron chi connectivity index (χ2n) is 8.28. The van der Waals surface area contributed by atoms with Crippen LogP contribution < -0.4 is 20.1 Å². The maximum absolute atomic E-state index is 13.4. The van der Waals surface area contributed by atoms with Gasteiger partial charge >= 0.3 is 5.97 Å². The Morgan fingerprint density at radius 2 is 1.68 bits per heavy atom. The normalized spacial score (nSPS) is 10.8. The van der Waals surface area contributed by atoms with E-state index >= 15 is 0 Å². The Balaban J connectivity index is 1.82. The van der Waals surface area contributed by atoms with Crippen molar-refractivity contribution in [2.75, 3.05) is 31.9 Å². The fourth-order valence-electron chi connectivity index (χ4n) is 3.50.